The third-order valence-corrected chi connectivity index (χ3v) is 5.64. The zero-order valence-corrected chi connectivity index (χ0v) is 19.0. The fourth-order valence-electron chi connectivity index (χ4n) is 3.90. The van der Waals surface area contributed by atoms with Crippen molar-refractivity contribution in [1.82, 2.24) is 5.16 Å². The monoisotopic (exact) mass is 464 g/mol. The number of amides is 1. The van der Waals surface area contributed by atoms with Gasteiger partial charge in [-0.1, -0.05) is 37.1 Å². The van der Waals surface area contributed by atoms with Crippen molar-refractivity contribution >= 4 is 23.3 Å². The lowest BCUT2D eigenvalue weighted by Crippen LogP contribution is -2.29. The molecule has 34 heavy (non-hydrogen) atoms. The van der Waals surface area contributed by atoms with E-state index in [1.54, 1.807) is 37.3 Å². The van der Waals surface area contributed by atoms with Gasteiger partial charge in [-0.2, -0.15) is 0 Å². The number of carbonyl (C=O) groups excluding carboxylic acids is 2. The van der Waals surface area contributed by atoms with Crippen molar-refractivity contribution in [2.45, 2.75) is 39.2 Å². The average Bonchev–Trinajstić information content (AvgIpc) is 3.37. The molecule has 8 heteroatoms. The molecule has 2 heterocycles. The summed E-state index contributed by atoms with van der Waals surface area (Å²) >= 11 is 0. The van der Waals surface area contributed by atoms with E-state index < -0.39 is 29.3 Å². The van der Waals surface area contributed by atoms with Crippen LogP contribution in [0.3, 0.4) is 0 Å². The quantitative estimate of drug-likeness (QED) is 0.210. The molecule has 7 nitrogen and oxygen atoms in total. The van der Waals surface area contributed by atoms with Crippen LogP contribution in [0.25, 0.3) is 5.76 Å². The number of nitrogens with zero attached hydrogens (tertiary/aromatic N) is 2. The van der Waals surface area contributed by atoms with Crippen molar-refractivity contribution in [3.63, 3.8) is 0 Å². The fraction of sp³-hybridized carbons (Fsp3) is 0.269. The normalized spacial score (nSPS) is 17.4. The van der Waals surface area contributed by atoms with Gasteiger partial charge in [0.1, 0.15) is 23.1 Å². The Morgan fingerprint density at radius 3 is 2.44 bits per heavy atom. The molecular formula is C26H25FN2O5. The van der Waals surface area contributed by atoms with E-state index in [9.17, 15) is 19.1 Å². The number of benzene rings is 2. The van der Waals surface area contributed by atoms with Gasteiger partial charge in [-0.05, 0) is 55.3 Å². The Bertz CT molecular complexity index is 1210. The third kappa shape index (κ3) is 4.57. The van der Waals surface area contributed by atoms with Crippen molar-refractivity contribution in [2.75, 3.05) is 11.5 Å². The highest BCUT2D eigenvalue weighted by atomic mass is 19.1. The first-order chi connectivity index (χ1) is 16.4. The molecule has 1 unspecified atom stereocenters. The first kappa shape index (κ1) is 23.2. The number of carbonyl (C=O) groups is 2. The highest BCUT2D eigenvalue weighted by Crippen LogP contribution is 2.42. The van der Waals surface area contributed by atoms with Crippen LogP contribution >= 0.6 is 0 Å². The molecule has 1 fully saturated rings. The molecule has 1 saturated heterocycles. The second kappa shape index (κ2) is 9.91. The van der Waals surface area contributed by atoms with E-state index in [0.717, 1.165) is 19.3 Å². The predicted molar refractivity (Wildman–Crippen MR) is 124 cm³/mol. The SMILES string of the molecule is CCCCCOc1ccc(C2C(=C(O)c3ccc(F)cc3)C(=O)C(=O)N2c2cc(C)on2)cc1. The van der Waals surface area contributed by atoms with E-state index in [0.29, 0.717) is 23.7 Å². The number of halogens is 1. The minimum atomic E-state index is -0.955. The predicted octanol–water partition coefficient (Wildman–Crippen LogP) is 5.32. The number of aliphatic hydroxyl groups excluding tert-OH is 1. The third-order valence-electron chi connectivity index (χ3n) is 5.64. The van der Waals surface area contributed by atoms with Crippen molar-refractivity contribution < 1.29 is 28.3 Å². The van der Waals surface area contributed by atoms with Crippen molar-refractivity contribution in [1.29, 1.82) is 0 Å². The highest BCUT2D eigenvalue weighted by Gasteiger charge is 2.48. The van der Waals surface area contributed by atoms with Crippen LogP contribution in [0.4, 0.5) is 10.2 Å². The van der Waals surface area contributed by atoms with Gasteiger partial charge in [0, 0.05) is 11.6 Å². The molecule has 2 aromatic carbocycles. The second-order valence-electron chi connectivity index (χ2n) is 8.10. The number of unbranched alkanes of at least 4 members (excludes halogenated alkanes) is 2. The number of aromatic nitrogens is 1. The minimum absolute atomic E-state index is 0.117. The average molecular weight is 464 g/mol. The lowest BCUT2D eigenvalue weighted by molar-refractivity contribution is -0.132. The number of aliphatic hydroxyl groups is 1. The van der Waals surface area contributed by atoms with Crippen molar-refractivity contribution in [3.05, 3.63) is 82.9 Å². The van der Waals surface area contributed by atoms with Crippen LogP contribution in [-0.4, -0.2) is 28.6 Å². The van der Waals surface area contributed by atoms with E-state index >= 15 is 0 Å². The number of rotatable bonds is 8. The van der Waals surface area contributed by atoms with E-state index in [1.807, 2.05) is 0 Å². The summed E-state index contributed by atoms with van der Waals surface area (Å²) in [5, 5.41) is 14.9. The maximum Gasteiger partial charge on any atom is 0.301 e. The number of ether oxygens (including phenoxy) is 1. The number of Topliss-reactive ketones (excluding diaryl/α,β-unsaturated/α-hetero) is 1. The van der Waals surface area contributed by atoms with Crippen molar-refractivity contribution in [3.8, 4) is 5.75 Å². The van der Waals surface area contributed by atoms with Crippen LogP contribution in [0.1, 0.15) is 49.1 Å². The summed E-state index contributed by atoms with van der Waals surface area (Å²) in [5.74, 6) is -1.32. The van der Waals surface area contributed by atoms with E-state index in [-0.39, 0.29) is 17.0 Å². The number of ketones is 1. The summed E-state index contributed by atoms with van der Waals surface area (Å²) in [6.07, 6.45) is 3.12. The smallest absolute Gasteiger partial charge is 0.301 e. The van der Waals surface area contributed by atoms with E-state index in [4.69, 9.17) is 9.26 Å². The fourth-order valence-corrected chi connectivity index (χ4v) is 3.90. The zero-order valence-electron chi connectivity index (χ0n) is 19.0. The van der Waals surface area contributed by atoms with Crippen LogP contribution in [0.2, 0.25) is 0 Å². The molecule has 1 aromatic heterocycles. The van der Waals surface area contributed by atoms with E-state index in [1.165, 1.54) is 29.2 Å². The molecule has 3 aromatic rings. The Kier molecular flexibility index (Phi) is 6.77. The second-order valence-corrected chi connectivity index (χ2v) is 8.10. The standard InChI is InChI=1S/C26H25FN2O5/c1-3-4-5-14-33-20-12-8-17(9-13-20)23-22(24(30)18-6-10-19(27)11-7-18)25(31)26(32)29(23)21-15-16(2)34-28-21/h6-13,15,23,30H,3-5,14H2,1-2H3. The molecule has 4 rings (SSSR count). The van der Waals surface area contributed by atoms with Crippen LogP contribution in [0.5, 0.6) is 5.75 Å². The van der Waals surface area contributed by atoms with Crippen LogP contribution < -0.4 is 9.64 Å². The number of anilines is 1. The van der Waals surface area contributed by atoms with Gasteiger partial charge in [-0.3, -0.25) is 14.5 Å². The van der Waals surface area contributed by atoms with Gasteiger partial charge in [-0.25, -0.2) is 4.39 Å². The van der Waals surface area contributed by atoms with Crippen LogP contribution in [0.15, 0.2) is 64.7 Å². The lowest BCUT2D eigenvalue weighted by atomic mass is 9.95. The molecule has 0 bridgehead atoms. The first-order valence-corrected chi connectivity index (χ1v) is 11.1. The first-order valence-electron chi connectivity index (χ1n) is 11.1. The molecule has 1 N–H and O–H groups in total. The Labute approximate surface area is 196 Å². The zero-order chi connectivity index (χ0) is 24.2. The summed E-state index contributed by atoms with van der Waals surface area (Å²) in [6, 6.07) is 12.6. The van der Waals surface area contributed by atoms with Gasteiger partial charge in [0.2, 0.25) is 0 Å². The van der Waals surface area contributed by atoms with Crippen molar-refractivity contribution in [2.24, 2.45) is 0 Å². The minimum Gasteiger partial charge on any atom is -0.507 e. The number of hydrogen-bond acceptors (Lipinski definition) is 6. The maximum atomic E-state index is 13.4. The summed E-state index contributed by atoms with van der Waals surface area (Å²) in [7, 11) is 0. The van der Waals surface area contributed by atoms with Crippen LogP contribution in [-0.2, 0) is 9.59 Å². The molecule has 1 aliphatic heterocycles. The molecule has 0 saturated carbocycles. The molecule has 0 spiro atoms. The number of aryl methyl sites for hydroxylation is 1. The summed E-state index contributed by atoms with van der Waals surface area (Å²) < 4.78 is 24.3. The molecule has 176 valence electrons. The topological polar surface area (TPSA) is 92.9 Å². The van der Waals surface area contributed by atoms with Gasteiger partial charge >= 0.3 is 5.91 Å². The maximum absolute atomic E-state index is 13.4. The largest absolute Gasteiger partial charge is 0.507 e. The number of hydrogen-bond donors (Lipinski definition) is 1. The Morgan fingerprint density at radius 1 is 1.12 bits per heavy atom. The van der Waals surface area contributed by atoms with Gasteiger partial charge in [0.05, 0.1) is 18.2 Å². The van der Waals surface area contributed by atoms with E-state index in [2.05, 4.69) is 12.1 Å². The summed E-state index contributed by atoms with van der Waals surface area (Å²) in [4.78, 5) is 27.3. The molecule has 1 aliphatic rings. The Morgan fingerprint density at radius 2 is 1.82 bits per heavy atom. The van der Waals surface area contributed by atoms with Crippen LogP contribution in [0, 0.1) is 12.7 Å². The Balaban J connectivity index is 1.76. The Hall–Kier alpha value is -3.94. The molecular weight excluding hydrogens is 439 g/mol. The molecule has 1 amide bonds. The molecule has 1 atom stereocenters. The molecule has 0 aliphatic carbocycles. The van der Waals surface area contributed by atoms with Gasteiger partial charge in [0.15, 0.2) is 5.82 Å². The summed E-state index contributed by atoms with van der Waals surface area (Å²) in [6.45, 7) is 4.38. The molecule has 0 radical (unpaired) electrons. The van der Waals surface area contributed by atoms with Gasteiger partial charge < -0.3 is 14.4 Å². The highest BCUT2D eigenvalue weighted by molar-refractivity contribution is 6.51. The van der Waals surface area contributed by atoms with Gasteiger partial charge in [0.25, 0.3) is 5.78 Å². The van der Waals surface area contributed by atoms with Gasteiger partial charge in [-0.15, -0.1) is 0 Å². The summed E-state index contributed by atoms with van der Waals surface area (Å²) in [5.41, 5.74) is 0.676. The lowest BCUT2D eigenvalue weighted by Gasteiger charge is -2.23.